The summed E-state index contributed by atoms with van der Waals surface area (Å²) in [5, 5.41) is 0. The van der Waals surface area contributed by atoms with E-state index in [0.29, 0.717) is 37.1 Å². The van der Waals surface area contributed by atoms with E-state index >= 15 is 0 Å². The number of benzene rings is 3. The van der Waals surface area contributed by atoms with Crippen LogP contribution in [0.25, 0.3) is 0 Å². The summed E-state index contributed by atoms with van der Waals surface area (Å²) in [6.07, 6.45) is -9.95. The van der Waals surface area contributed by atoms with E-state index in [-0.39, 0.29) is 30.2 Å². The predicted octanol–water partition coefficient (Wildman–Crippen LogP) is 6.07. The van der Waals surface area contributed by atoms with Crippen LogP contribution >= 0.6 is 0 Å². The van der Waals surface area contributed by atoms with Gasteiger partial charge in [-0.2, -0.15) is 26.3 Å². The van der Waals surface area contributed by atoms with Crippen LogP contribution in [-0.2, 0) is 33.8 Å². The number of amides is 2. The van der Waals surface area contributed by atoms with Crippen LogP contribution < -0.4 is 5.73 Å². The van der Waals surface area contributed by atoms with Gasteiger partial charge < -0.3 is 15.4 Å². The Morgan fingerprint density at radius 2 is 1.54 bits per heavy atom. The van der Waals surface area contributed by atoms with E-state index in [2.05, 4.69) is 0 Å². The SMILES string of the molecule is NC(=O)C1c2ccccc2C(=O)N(CC2CCCO2)C1(Cc1ccccc1)c1cc(C(F)(F)F)cc(C(F)(F)F)c1. The van der Waals surface area contributed by atoms with Gasteiger partial charge in [-0.1, -0.05) is 48.5 Å². The van der Waals surface area contributed by atoms with Gasteiger partial charge in [0.2, 0.25) is 5.91 Å². The quantitative estimate of drug-likeness (QED) is 0.363. The Kier molecular flexibility index (Phi) is 7.35. The van der Waals surface area contributed by atoms with Crippen LogP contribution in [0.3, 0.4) is 0 Å². The van der Waals surface area contributed by atoms with Gasteiger partial charge in [-0.25, -0.2) is 0 Å². The summed E-state index contributed by atoms with van der Waals surface area (Å²) in [7, 11) is 0. The van der Waals surface area contributed by atoms with E-state index in [0.717, 1.165) is 0 Å². The van der Waals surface area contributed by atoms with Crippen LogP contribution in [0.4, 0.5) is 26.3 Å². The van der Waals surface area contributed by atoms with Crippen LogP contribution in [-0.4, -0.2) is 36.0 Å². The number of hydrogen-bond donors (Lipinski definition) is 1. The minimum Gasteiger partial charge on any atom is -0.376 e. The molecule has 0 aliphatic carbocycles. The first-order chi connectivity index (χ1) is 19.3. The number of hydrogen-bond acceptors (Lipinski definition) is 3. The molecule has 0 aromatic heterocycles. The monoisotopic (exact) mass is 576 g/mol. The van der Waals surface area contributed by atoms with Gasteiger partial charge in [0, 0.05) is 25.1 Å². The Balaban J connectivity index is 1.89. The number of ether oxygens (including phenoxy) is 1. The average molecular weight is 577 g/mol. The Bertz CT molecular complexity index is 1420. The number of fused-ring (bicyclic) bond motifs is 1. The third-order valence-corrected chi connectivity index (χ3v) is 7.81. The molecule has 2 N–H and O–H groups in total. The van der Waals surface area contributed by atoms with Gasteiger partial charge in [-0.05, 0) is 53.8 Å². The second-order valence-electron chi connectivity index (χ2n) is 10.4. The molecule has 1 saturated heterocycles. The fourth-order valence-corrected chi connectivity index (χ4v) is 6.04. The largest absolute Gasteiger partial charge is 0.416 e. The molecule has 11 heteroatoms. The van der Waals surface area contributed by atoms with E-state index in [9.17, 15) is 35.9 Å². The maximum absolute atomic E-state index is 14.2. The first-order valence-electron chi connectivity index (χ1n) is 13.0. The van der Waals surface area contributed by atoms with Crippen molar-refractivity contribution in [2.45, 2.75) is 49.2 Å². The topological polar surface area (TPSA) is 72.6 Å². The van der Waals surface area contributed by atoms with Crippen molar-refractivity contribution >= 4 is 11.8 Å². The Hall–Kier alpha value is -3.86. The normalized spacial score (nSPS) is 23.0. The van der Waals surface area contributed by atoms with Crippen molar-refractivity contribution in [2.24, 2.45) is 5.73 Å². The van der Waals surface area contributed by atoms with Gasteiger partial charge in [-0.15, -0.1) is 0 Å². The first-order valence-corrected chi connectivity index (χ1v) is 13.0. The number of alkyl halides is 6. The average Bonchev–Trinajstić information content (AvgIpc) is 3.43. The lowest BCUT2D eigenvalue weighted by molar-refractivity contribution is -0.143. The molecule has 0 saturated carbocycles. The number of nitrogens with two attached hydrogens (primary N) is 1. The van der Waals surface area contributed by atoms with Gasteiger partial charge in [0.25, 0.3) is 5.91 Å². The van der Waals surface area contributed by atoms with Crippen molar-refractivity contribution < 1.29 is 40.7 Å². The molecule has 2 aliphatic heterocycles. The maximum atomic E-state index is 14.2. The van der Waals surface area contributed by atoms with E-state index in [1.807, 2.05) is 0 Å². The zero-order valence-corrected chi connectivity index (χ0v) is 21.6. The molecule has 3 aromatic carbocycles. The molecule has 41 heavy (non-hydrogen) atoms. The van der Waals surface area contributed by atoms with Crippen molar-refractivity contribution in [3.8, 4) is 0 Å². The number of nitrogens with zero attached hydrogens (tertiary/aromatic N) is 1. The van der Waals surface area contributed by atoms with Gasteiger partial charge in [0.15, 0.2) is 0 Å². The molecular weight excluding hydrogens is 550 g/mol. The lowest BCUT2D eigenvalue weighted by Crippen LogP contribution is -2.62. The van der Waals surface area contributed by atoms with Crippen molar-refractivity contribution in [1.29, 1.82) is 0 Å². The molecule has 3 aromatic rings. The fraction of sp³-hybridized carbons (Fsp3) is 0.333. The molecule has 1 fully saturated rings. The molecule has 5 rings (SSSR count). The van der Waals surface area contributed by atoms with Crippen molar-refractivity contribution in [1.82, 2.24) is 4.90 Å². The number of carbonyl (C=O) groups is 2. The minimum absolute atomic E-state index is 0.0298. The highest BCUT2D eigenvalue weighted by molar-refractivity contribution is 6.02. The molecule has 0 bridgehead atoms. The second-order valence-corrected chi connectivity index (χ2v) is 10.4. The predicted molar refractivity (Wildman–Crippen MR) is 137 cm³/mol. The molecule has 3 unspecified atom stereocenters. The molecule has 3 atom stereocenters. The Labute approximate surface area is 231 Å². The number of rotatable bonds is 6. The molecule has 5 nitrogen and oxygen atoms in total. The third kappa shape index (κ3) is 5.30. The fourth-order valence-electron chi connectivity index (χ4n) is 6.04. The van der Waals surface area contributed by atoms with E-state index in [1.54, 1.807) is 42.5 Å². The zero-order chi connectivity index (χ0) is 29.6. The molecule has 2 amide bonds. The van der Waals surface area contributed by atoms with Crippen LogP contribution in [0.2, 0.25) is 0 Å². The molecule has 0 spiro atoms. The second kappa shape index (κ2) is 10.5. The van der Waals surface area contributed by atoms with Crippen LogP contribution in [0.15, 0.2) is 72.8 Å². The summed E-state index contributed by atoms with van der Waals surface area (Å²) in [5.41, 5.74) is 1.02. The van der Waals surface area contributed by atoms with Crippen molar-refractivity contribution in [3.05, 3.63) is 106 Å². The maximum Gasteiger partial charge on any atom is 0.416 e. The Morgan fingerprint density at radius 3 is 2.10 bits per heavy atom. The van der Waals surface area contributed by atoms with Crippen molar-refractivity contribution in [2.75, 3.05) is 13.2 Å². The summed E-state index contributed by atoms with van der Waals surface area (Å²) >= 11 is 0. The minimum atomic E-state index is -5.15. The first kappa shape index (κ1) is 28.7. The Morgan fingerprint density at radius 1 is 0.927 bits per heavy atom. The molecule has 2 aliphatic rings. The van der Waals surface area contributed by atoms with Crippen molar-refractivity contribution in [3.63, 3.8) is 0 Å². The molecular formula is C30H26F6N2O3. The lowest BCUT2D eigenvalue weighted by Gasteiger charge is -2.52. The summed E-state index contributed by atoms with van der Waals surface area (Å²) in [6.45, 7) is 0.220. The van der Waals surface area contributed by atoms with Gasteiger partial charge in [0.05, 0.1) is 28.7 Å². The highest BCUT2D eigenvalue weighted by atomic mass is 19.4. The lowest BCUT2D eigenvalue weighted by atomic mass is 9.65. The number of halogens is 6. The van der Waals surface area contributed by atoms with Crippen LogP contribution in [0.5, 0.6) is 0 Å². The van der Waals surface area contributed by atoms with E-state index in [1.165, 1.54) is 17.0 Å². The van der Waals surface area contributed by atoms with Gasteiger partial charge >= 0.3 is 12.4 Å². The number of carbonyl (C=O) groups excluding carboxylic acids is 2. The smallest absolute Gasteiger partial charge is 0.376 e. The summed E-state index contributed by atoms with van der Waals surface area (Å²) in [4.78, 5) is 28.8. The highest BCUT2D eigenvalue weighted by Gasteiger charge is 2.56. The standard InChI is InChI=1S/C30H26F6N2O3/c31-29(32,33)20-13-19(14-21(15-20)30(34,35)36)28(16-18-7-2-1-3-8-18)25(26(37)39)23-10-4-5-11-24(23)27(40)38(28)17-22-9-6-12-41-22/h1-5,7-8,10-11,13-15,22,25H,6,9,12,16-17H2,(H2,37,39). The highest BCUT2D eigenvalue weighted by Crippen LogP contribution is 2.52. The van der Waals surface area contributed by atoms with Crippen LogP contribution in [0.1, 0.15) is 56.9 Å². The zero-order valence-electron chi connectivity index (χ0n) is 21.6. The summed E-state index contributed by atoms with van der Waals surface area (Å²) < 4.78 is 90.3. The molecule has 216 valence electrons. The summed E-state index contributed by atoms with van der Waals surface area (Å²) in [6, 6.07) is 15.5. The van der Waals surface area contributed by atoms with Gasteiger partial charge in [0.1, 0.15) is 0 Å². The van der Waals surface area contributed by atoms with E-state index < -0.39 is 58.4 Å². The van der Waals surface area contributed by atoms with Crippen LogP contribution in [0, 0.1) is 0 Å². The third-order valence-electron chi connectivity index (χ3n) is 7.81. The molecule has 2 heterocycles. The number of primary amides is 1. The molecule has 0 radical (unpaired) electrons. The summed E-state index contributed by atoms with van der Waals surface area (Å²) in [5.74, 6) is -3.12. The van der Waals surface area contributed by atoms with Gasteiger partial charge in [-0.3, -0.25) is 9.59 Å². The van der Waals surface area contributed by atoms with E-state index in [4.69, 9.17) is 10.5 Å².